The molecule has 1 amide bonds. The SMILES string of the molecule is Cc1cc(C(=O)NCc2ccc(N)cc2)c(F)cc1F. The molecule has 0 saturated heterocycles. The normalized spacial score (nSPS) is 10.3. The van der Waals surface area contributed by atoms with E-state index in [9.17, 15) is 13.6 Å². The van der Waals surface area contributed by atoms with Crippen molar-refractivity contribution >= 4 is 11.6 Å². The van der Waals surface area contributed by atoms with Gasteiger partial charge >= 0.3 is 0 Å². The Bertz CT molecular complexity index is 639. The number of nitrogens with two attached hydrogens (primary N) is 1. The number of benzene rings is 2. The van der Waals surface area contributed by atoms with Crippen molar-refractivity contribution in [3.05, 3.63) is 64.7 Å². The number of carbonyl (C=O) groups excluding carboxylic acids is 1. The zero-order valence-corrected chi connectivity index (χ0v) is 10.9. The minimum atomic E-state index is -0.872. The Morgan fingerprint density at radius 3 is 2.45 bits per heavy atom. The molecule has 0 aliphatic rings. The van der Waals surface area contributed by atoms with Crippen LogP contribution in [0, 0.1) is 18.6 Å². The Balaban J connectivity index is 2.09. The largest absolute Gasteiger partial charge is 0.399 e. The summed E-state index contributed by atoms with van der Waals surface area (Å²) < 4.78 is 26.7. The molecule has 0 radical (unpaired) electrons. The van der Waals surface area contributed by atoms with Gasteiger partial charge < -0.3 is 11.1 Å². The Morgan fingerprint density at radius 1 is 1.15 bits per heavy atom. The highest BCUT2D eigenvalue weighted by Gasteiger charge is 2.14. The van der Waals surface area contributed by atoms with Crippen LogP contribution in [-0.2, 0) is 6.54 Å². The van der Waals surface area contributed by atoms with Gasteiger partial charge in [0.15, 0.2) is 0 Å². The summed E-state index contributed by atoms with van der Waals surface area (Å²) in [6, 6.07) is 8.87. The van der Waals surface area contributed by atoms with Gasteiger partial charge in [0.25, 0.3) is 5.91 Å². The molecule has 0 heterocycles. The molecule has 2 aromatic rings. The highest BCUT2D eigenvalue weighted by atomic mass is 19.1. The fraction of sp³-hybridized carbons (Fsp3) is 0.133. The molecule has 0 aromatic heterocycles. The molecule has 2 rings (SSSR count). The molecular weight excluding hydrogens is 262 g/mol. The van der Waals surface area contributed by atoms with Crippen molar-refractivity contribution in [2.75, 3.05) is 5.73 Å². The quantitative estimate of drug-likeness (QED) is 0.847. The number of amides is 1. The fourth-order valence-electron chi connectivity index (χ4n) is 1.74. The first kappa shape index (κ1) is 14.0. The maximum atomic E-state index is 13.5. The molecule has 0 aliphatic carbocycles. The van der Waals surface area contributed by atoms with Gasteiger partial charge in [-0.2, -0.15) is 0 Å². The fourth-order valence-corrected chi connectivity index (χ4v) is 1.74. The van der Waals surface area contributed by atoms with E-state index in [1.54, 1.807) is 24.3 Å². The summed E-state index contributed by atoms with van der Waals surface area (Å²) in [5, 5.41) is 2.58. The van der Waals surface area contributed by atoms with Gasteiger partial charge in [-0.05, 0) is 36.2 Å². The predicted octanol–water partition coefficient (Wildman–Crippen LogP) is 2.79. The zero-order valence-electron chi connectivity index (χ0n) is 10.9. The molecule has 0 aliphatic heterocycles. The standard InChI is InChI=1S/C15H14F2N2O/c1-9-6-12(14(17)7-13(9)16)15(20)19-8-10-2-4-11(18)5-3-10/h2-7H,8,18H2,1H3,(H,19,20). The molecule has 104 valence electrons. The number of anilines is 1. The van der Waals surface area contributed by atoms with Crippen LogP contribution in [0.3, 0.4) is 0 Å². The molecule has 3 nitrogen and oxygen atoms in total. The van der Waals surface area contributed by atoms with Crippen LogP contribution in [0.2, 0.25) is 0 Å². The van der Waals surface area contributed by atoms with E-state index >= 15 is 0 Å². The van der Waals surface area contributed by atoms with E-state index in [0.29, 0.717) is 11.8 Å². The molecular formula is C15H14F2N2O. The number of nitrogen functional groups attached to an aromatic ring is 1. The molecule has 0 spiro atoms. The number of hydrogen-bond donors (Lipinski definition) is 2. The lowest BCUT2D eigenvalue weighted by Crippen LogP contribution is -2.24. The van der Waals surface area contributed by atoms with Crippen molar-refractivity contribution in [2.45, 2.75) is 13.5 Å². The van der Waals surface area contributed by atoms with Crippen LogP contribution in [0.4, 0.5) is 14.5 Å². The zero-order chi connectivity index (χ0) is 14.7. The van der Waals surface area contributed by atoms with Crippen molar-refractivity contribution in [1.82, 2.24) is 5.32 Å². The van der Waals surface area contributed by atoms with E-state index < -0.39 is 17.5 Å². The van der Waals surface area contributed by atoms with E-state index in [-0.39, 0.29) is 17.7 Å². The Kier molecular flexibility index (Phi) is 3.98. The van der Waals surface area contributed by atoms with E-state index in [1.165, 1.54) is 13.0 Å². The van der Waals surface area contributed by atoms with Crippen LogP contribution in [0.5, 0.6) is 0 Å². The second kappa shape index (κ2) is 5.69. The third kappa shape index (κ3) is 3.12. The van der Waals surface area contributed by atoms with Crippen molar-refractivity contribution in [1.29, 1.82) is 0 Å². The van der Waals surface area contributed by atoms with Gasteiger partial charge in [-0.3, -0.25) is 4.79 Å². The second-order valence-corrected chi connectivity index (χ2v) is 4.51. The van der Waals surface area contributed by atoms with Crippen LogP contribution in [0.1, 0.15) is 21.5 Å². The predicted molar refractivity (Wildman–Crippen MR) is 73.1 cm³/mol. The third-order valence-electron chi connectivity index (χ3n) is 2.93. The first-order chi connectivity index (χ1) is 9.47. The molecule has 3 N–H and O–H groups in total. The number of nitrogens with one attached hydrogen (secondary N) is 1. The first-order valence-corrected chi connectivity index (χ1v) is 6.05. The average Bonchev–Trinajstić information content (AvgIpc) is 2.42. The van der Waals surface area contributed by atoms with Crippen LogP contribution in [0.25, 0.3) is 0 Å². The smallest absolute Gasteiger partial charge is 0.254 e. The number of rotatable bonds is 3. The lowest BCUT2D eigenvalue weighted by Gasteiger charge is -2.08. The van der Waals surface area contributed by atoms with Gasteiger partial charge in [-0.15, -0.1) is 0 Å². The Hall–Kier alpha value is -2.43. The molecule has 0 atom stereocenters. The van der Waals surface area contributed by atoms with Gasteiger partial charge in [-0.25, -0.2) is 8.78 Å². The lowest BCUT2D eigenvalue weighted by atomic mass is 10.1. The van der Waals surface area contributed by atoms with Crippen LogP contribution in [0.15, 0.2) is 36.4 Å². The van der Waals surface area contributed by atoms with Gasteiger partial charge in [0.05, 0.1) is 5.56 Å². The Morgan fingerprint density at radius 2 is 1.80 bits per heavy atom. The van der Waals surface area contributed by atoms with Gasteiger partial charge in [-0.1, -0.05) is 12.1 Å². The first-order valence-electron chi connectivity index (χ1n) is 6.05. The highest BCUT2D eigenvalue weighted by Crippen LogP contribution is 2.14. The molecule has 0 saturated carbocycles. The van der Waals surface area contributed by atoms with Crippen molar-refractivity contribution in [3.8, 4) is 0 Å². The number of halogens is 2. The van der Waals surface area contributed by atoms with Crippen LogP contribution in [-0.4, -0.2) is 5.91 Å². The molecule has 0 unspecified atom stereocenters. The summed E-state index contributed by atoms with van der Waals surface area (Å²) in [5.74, 6) is -2.12. The lowest BCUT2D eigenvalue weighted by molar-refractivity contribution is 0.0946. The maximum Gasteiger partial charge on any atom is 0.254 e. The summed E-state index contributed by atoms with van der Waals surface area (Å²) in [6.45, 7) is 1.72. The summed E-state index contributed by atoms with van der Waals surface area (Å²) >= 11 is 0. The molecule has 2 aromatic carbocycles. The van der Waals surface area contributed by atoms with Crippen molar-refractivity contribution in [2.24, 2.45) is 0 Å². The second-order valence-electron chi connectivity index (χ2n) is 4.51. The van der Waals surface area contributed by atoms with E-state index in [2.05, 4.69) is 5.32 Å². The summed E-state index contributed by atoms with van der Waals surface area (Å²) in [7, 11) is 0. The molecule has 5 heteroatoms. The molecule has 20 heavy (non-hydrogen) atoms. The number of carbonyl (C=O) groups is 1. The van der Waals surface area contributed by atoms with Gasteiger partial charge in [0, 0.05) is 18.3 Å². The summed E-state index contributed by atoms with van der Waals surface area (Å²) in [5.41, 5.74) is 7.08. The molecule has 0 fully saturated rings. The number of aryl methyl sites for hydroxylation is 1. The third-order valence-corrected chi connectivity index (χ3v) is 2.93. The van der Waals surface area contributed by atoms with Crippen LogP contribution < -0.4 is 11.1 Å². The highest BCUT2D eigenvalue weighted by molar-refractivity contribution is 5.94. The molecule has 0 bridgehead atoms. The summed E-state index contributed by atoms with van der Waals surface area (Å²) in [4.78, 5) is 11.9. The number of hydrogen-bond acceptors (Lipinski definition) is 2. The van der Waals surface area contributed by atoms with Gasteiger partial charge in [0.1, 0.15) is 11.6 Å². The van der Waals surface area contributed by atoms with E-state index in [1.807, 2.05) is 0 Å². The Labute approximate surface area is 115 Å². The van der Waals surface area contributed by atoms with Crippen LogP contribution >= 0.6 is 0 Å². The maximum absolute atomic E-state index is 13.5. The van der Waals surface area contributed by atoms with Gasteiger partial charge in [0.2, 0.25) is 0 Å². The monoisotopic (exact) mass is 276 g/mol. The topological polar surface area (TPSA) is 55.1 Å². The van der Waals surface area contributed by atoms with Crippen molar-refractivity contribution in [3.63, 3.8) is 0 Å². The summed E-state index contributed by atoms with van der Waals surface area (Å²) in [6.07, 6.45) is 0. The van der Waals surface area contributed by atoms with E-state index in [4.69, 9.17) is 5.73 Å². The average molecular weight is 276 g/mol. The minimum absolute atomic E-state index is 0.167. The minimum Gasteiger partial charge on any atom is -0.399 e. The van der Waals surface area contributed by atoms with E-state index in [0.717, 1.165) is 5.56 Å². The van der Waals surface area contributed by atoms with Crippen molar-refractivity contribution < 1.29 is 13.6 Å².